The van der Waals surface area contributed by atoms with E-state index in [4.69, 9.17) is 0 Å². The molecular formula is C18H16S2Sn. The van der Waals surface area contributed by atoms with Gasteiger partial charge in [0.2, 0.25) is 0 Å². The number of hydrogen-bond acceptors (Lipinski definition) is 2. The summed E-state index contributed by atoms with van der Waals surface area (Å²) in [5, 5.41) is 2.69. The summed E-state index contributed by atoms with van der Waals surface area (Å²) in [7, 11) is 4.38. The molecule has 0 fully saturated rings. The zero-order chi connectivity index (χ0) is 14.4. The summed E-state index contributed by atoms with van der Waals surface area (Å²) in [6, 6.07) is 22.2. The second kappa shape index (κ2) is 5.25. The van der Waals surface area contributed by atoms with E-state index in [1.54, 1.807) is 0 Å². The molecular weight excluding hydrogens is 399 g/mol. The van der Waals surface area contributed by atoms with Gasteiger partial charge in [0.05, 0.1) is 0 Å². The summed E-state index contributed by atoms with van der Waals surface area (Å²) >= 11 is -2.00. The topological polar surface area (TPSA) is 0 Å². The molecule has 1 aliphatic rings. The van der Waals surface area contributed by atoms with Crippen molar-refractivity contribution in [1.82, 2.24) is 0 Å². The molecule has 104 valence electrons. The fourth-order valence-corrected chi connectivity index (χ4v) is 23.1. The van der Waals surface area contributed by atoms with Crippen LogP contribution in [-0.4, -0.2) is 15.6 Å². The van der Waals surface area contributed by atoms with E-state index in [0.717, 1.165) is 0 Å². The van der Waals surface area contributed by atoms with Crippen molar-refractivity contribution in [1.29, 1.82) is 0 Å². The van der Waals surface area contributed by atoms with E-state index < -0.39 is 15.6 Å². The van der Waals surface area contributed by atoms with E-state index >= 15 is 0 Å². The van der Waals surface area contributed by atoms with Crippen LogP contribution in [0.5, 0.6) is 0 Å². The number of benzene rings is 3. The standard InChI is InChI=1S/C16H12S2.2CH3.Sn/c17-15-10-4-9-14(16(15)18)13-8-3-6-11-5-1-2-7-12(11)13;;;/h1-10,17-18H;2*1H3;/q;;;+2/p-2. The summed E-state index contributed by atoms with van der Waals surface area (Å²) in [6.45, 7) is 0. The van der Waals surface area contributed by atoms with E-state index in [-0.39, 0.29) is 0 Å². The Kier molecular flexibility index (Phi) is 3.51. The van der Waals surface area contributed by atoms with Crippen LogP contribution >= 0.6 is 17.9 Å². The van der Waals surface area contributed by atoms with E-state index in [9.17, 15) is 0 Å². The molecule has 1 heterocycles. The molecule has 0 saturated carbocycles. The first-order valence-corrected chi connectivity index (χ1v) is 21.5. The zero-order valence-corrected chi connectivity index (χ0v) is 16.6. The maximum absolute atomic E-state index is 2.51. The van der Waals surface area contributed by atoms with Crippen LogP contribution in [0.2, 0.25) is 9.88 Å². The quantitative estimate of drug-likeness (QED) is 0.422. The van der Waals surface area contributed by atoms with E-state index in [2.05, 4.69) is 88.4 Å². The minimum atomic E-state index is -2.00. The Morgan fingerprint density at radius 1 is 0.714 bits per heavy atom. The second-order valence-electron chi connectivity index (χ2n) is 5.76. The third kappa shape index (κ3) is 2.51. The van der Waals surface area contributed by atoms with Crippen molar-refractivity contribution in [2.24, 2.45) is 0 Å². The van der Waals surface area contributed by atoms with Gasteiger partial charge in [-0.3, -0.25) is 0 Å². The second-order valence-corrected chi connectivity index (χ2v) is 33.9. The molecule has 3 aromatic rings. The van der Waals surface area contributed by atoms with Gasteiger partial charge < -0.3 is 0 Å². The molecule has 4 rings (SSSR count). The Labute approximate surface area is 135 Å². The van der Waals surface area contributed by atoms with E-state index in [1.807, 2.05) is 0 Å². The predicted molar refractivity (Wildman–Crippen MR) is 98.6 cm³/mol. The van der Waals surface area contributed by atoms with Gasteiger partial charge in [0, 0.05) is 0 Å². The first kappa shape index (κ1) is 14.0. The van der Waals surface area contributed by atoms with Crippen LogP contribution in [0.15, 0.2) is 70.5 Å². The zero-order valence-electron chi connectivity index (χ0n) is 12.1. The van der Waals surface area contributed by atoms with E-state index in [1.165, 1.54) is 31.7 Å². The Morgan fingerprint density at radius 2 is 1.43 bits per heavy atom. The molecule has 21 heavy (non-hydrogen) atoms. The van der Waals surface area contributed by atoms with Crippen LogP contribution in [0.25, 0.3) is 21.9 Å². The molecule has 0 N–H and O–H groups in total. The molecule has 1 aliphatic heterocycles. The minimum absolute atomic E-state index is 1.33. The van der Waals surface area contributed by atoms with Crippen LogP contribution in [0.3, 0.4) is 0 Å². The Bertz CT molecular complexity index is 834. The molecule has 0 nitrogen and oxygen atoms in total. The van der Waals surface area contributed by atoms with Crippen LogP contribution in [0.1, 0.15) is 0 Å². The fraction of sp³-hybridized carbons (Fsp3) is 0.111. The van der Waals surface area contributed by atoms with Gasteiger partial charge in [0.15, 0.2) is 0 Å². The first-order valence-electron chi connectivity index (χ1n) is 7.13. The molecule has 0 spiro atoms. The van der Waals surface area contributed by atoms with Crippen molar-refractivity contribution in [2.45, 2.75) is 19.7 Å². The normalized spacial score (nSPS) is 16.1. The summed E-state index contributed by atoms with van der Waals surface area (Å²) in [4.78, 5) is 8.05. The molecule has 0 atom stereocenters. The van der Waals surface area contributed by atoms with Crippen LogP contribution in [0.4, 0.5) is 0 Å². The predicted octanol–water partition coefficient (Wildman–Crippen LogP) is 6.41. The fourth-order valence-electron chi connectivity index (χ4n) is 2.91. The van der Waals surface area contributed by atoms with Crippen molar-refractivity contribution in [2.75, 3.05) is 0 Å². The van der Waals surface area contributed by atoms with Gasteiger partial charge >= 0.3 is 136 Å². The van der Waals surface area contributed by atoms with E-state index in [0.29, 0.717) is 0 Å². The number of fused-ring (bicyclic) bond motifs is 2. The summed E-state index contributed by atoms with van der Waals surface area (Å²) in [5.41, 5.74) is 2.80. The molecule has 0 radical (unpaired) electrons. The van der Waals surface area contributed by atoms with Gasteiger partial charge in [-0.25, -0.2) is 0 Å². The van der Waals surface area contributed by atoms with Gasteiger partial charge in [-0.2, -0.15) is 0 Å². The third-order valence-electron chi connectivity index (χ3n) is 3.76. The van der Waals surface area contributed by atoms with Gasteiger partial charge in [-0.1, -0.05) is 0 Å². The molecule has 0 unspecified atom stereocenters. The number of rotatable bonds is 1. The third-order valence-corrected chi connectivity index (χ3v) is 21.5. The SMILES string of the molecule is [CH3][Sn]1([CH3])[S]c2cccc(-c3cccc4ccccc34)c2[S]1. The molecule has 3 heteroatoms. The molecule has 0 bridgehead atoms. The van der Waals surface area contributed by atoms with Crippen molar-refractivity contribution >= 4 is 44.3 Å². The van der Waals surface area contributed by atoms with Gasteiger partial charge in [-0.15, -0.1) is 0 Å². The Hall–Kier alpha value is -0.581. The summed E-state index contributed by atoms with van der Waals surface area (Å²) in [6.07, 6.45) is 0. The maximum atomic E-state index is 2.51. The van der Waals surface area contributed by atoms with Crippen LogP contribution in [0, 0.1) is 0 Å². The van der Waals surface area contributed by atoms with Crippen molar-refractivity contribution in [3.05, 3.63) is 60.7 Å². The molecule has 0 saturated heterocycles. The molecule has 0 amide bonds. The molecule has 0 aliphatic carbocycles. The van der Waals surface area contributed by atoms with Gasteiger partial charge in [0.1, 0.15) is 0 Å². The van der Waals surface area contributed by atoms with Crippen molar-refractivity contribution in [3.8, 4) is 11.1 Å². The van der Waals surface area contributed by atoms with Gasteiger partial charge in [0.25, 0.3) is 0 Å². The van der Waals surface area contributed by atoms with Crippen molar-refractivity contribution in [3.63, 3.8) is 0 Å². The molecule has 0 aromatic heterocycles. The summed E-state index contributed by atoms with van der Waals surface area (Å²) in [5.74, 6) is 0. The Morgan fingerprint density at radius 3 is 2.33 bits per heavy atom. The average Bonchev–Trinajstić information content (AvgIpc) is 2.80. The Balaban J connectivity index is 1.98. The van der Waals surface area contributed by atoms with Crippen molar-refractivity contribution < 1.29 is 0 Å². The van der Waals surface area contributed by atoms with Crippen LogP contribution in [-0.2, 0) is 0 Å². The first-order chi connectivity index (χ1) is 10.1. The monoisotopic (exact) mass is 416 g/mol. The van der Waals surface area contributed by atoms with Gasteiger partial charge in [-0.05, 0) is 0 Å². The average molecular weight is 415 g/mol. The molecule has 3 aromatic carbocycles. The number of hydrogen-bond donors (Lipinski definition) is 0. The summed E-state index contributed by atoms with van der Waals surface area (Å²) < 4.78 is 0. The van der Waals surface area contributed by atoms with Crippen LogP contribution < -0.4 is 0 Å².